The van der Waals surface area contributed by atoms with Gasteiger partial charge in [-0.15, -0.1) is 11.6 Å². The molecule has 0 amide bonds. The largest absolute Gasteiger partial charge is 0.501 e. The summed E-state index contributed by atoms with van der Waals surface area (Å²) in [4.78, 5) is -0.251. The lowest BCUT2D eigenvalue weighted by atomic mass is 10.3. The molecule has 0 aliphatic heterocycles. The first-order valence-electron chi connectivity index (χ1n) is 5.60. The molecule has 0 unspecified atom stereocenters. The summed E-state index contributed by atoms with van der Waals surface area (Å²) in [6.45, 7) is -1.13. The van der Waals surface area contributed by atoms with E-state index in [2.05, 4.69) is 0 Å². The van der Waals surface area contributed by atoms with E-state index in [0.717, 1.165) is 23.1 Å². The summed E-state index contributed by atoms with van der Waals surface area (Å²) in [5.74, 6) is -0.146. The third-order valence-corrected chi connectivity index (χ3v) is 4.22. The van der Waals surface area contributed by atoms with Gasteiger partial charge in [-0.25, -0.2) is 17.2 Å². The van der Waals surface area contributed by atoms with Gasteiger partial charge in [0.1, 0.15) is 0 Å². The second-order valence-electron chi connectivity index (χ2n) is 3.94. The van der Waals surface area contributed by atoms with Crippen molar-refractivity contribution in [2.45, 2.75) is 16.8 Å². The molecule has 0 radical (unpaired) electrons. The molecule has 0 bridgehead atoms. The molecule has 0 N–H and O–H groups in total. The number of hydrogen-bond acceptors (Lipinski definition) is 3. The van der Waals surface area contributed by atoms with Gasteiger partial charge in [0.05, 0.1) is 17.1 Å². The van der Waals surface area contributed by atoms with Gasteiger partial charge in [0.15, 0.2) is 0 Å². The maximum atomic E-state index is 12.6. The molecule has 0 spiro atoms. The normalized spacial score (nSPS) is 12.7. The van der Waals surface area contributed by atoms with Crippen LogP contribution >= 0.6 is 11.6 Å². The summed E-state index contributed by atoms with van der Waals surface area (Å²) in [6.07, 6.45) is -2.85. The van der Waals surface area contributed by atoms with Crippen molar-refractivity contribution in [3.8, 4) is 0 Å². The number of anilines is 1. The van der Waals surface area contributed by atoms with Crippen molar-refractivity contribution in [1.29, 1.82) is 0 Å². The molecule has 0 saturated carbocycles. The number of halogens is 6. The van der Waals surface area contributed by atoms with Crippen LogP contribution in [-0.4, -0.2) is 39.3 Å². The molecule has 10 heteroatoms. The molecule has 0 aliphatic rings. The lowest BCUT2D eigenvalue weighted by molar-refractivity contribution is -0.0435. The minimum absolute atomic E-state index is 0.146. The average molecular weight is 352 g/mol. The Bertz CT molecular complexity index is 576. The first kappa shape index (κ1) is 18.0. The number of alkyl halides is 6. The average Bonchev–Trinajstić information content (AvgIpc) is 2.36. The van der Waals surface area contributed by atoms with E-state index in [1.807, 2.05) is 0 Å². The highest BCUT2D eigenvalue weighted by molar-refractivity contribution is 7.92. The van der Waals surface area contributed by atoms with Crippen LogP contribution in [0.4, 0.5) is 27.6 Å². The zero-order chi connectivity index (χ0) is 16.3. The van der Waals surface area contributed by atoms with Crippen molar-refractivity contribution in [2.24, 2.45) is 0 Å². The number of rotatable bonds is 6. The van der Waals surface area contributed by atoms with Gasteiger partial charge in [-0.3, -0.25) is 0 Å². The minimum atomic E-state index is -5.64. The molecule has 0 aromatic heterocycles. The maximum absolute atomic E-state index is 12.6. The minimum Gasteiger partial charge on any atom is -0.364 e. The second-order valence-corrected chi connectivity index (χ2v) is 6.23. The van der Waals surface area contributed by atoms with E-state index >= 15 is 0 Å². The lowest BCUT2D eigenvalue weighted by Gasteiger charge is -2.26. The molecule has 3 nitrogen and oxygen atoms in total. The molecule has 21 heavy (non-hydrogen) atoms. The van der Waals surface area contributed by atoms with Gasteiger partial charge in [0, 0.05) is 12.4 Å². The monoisotopic (exact) mass is 351 g/mol. The Morgan fingerprint density at radius 2 is 1.76 bits per heavy atom. The summed E-state index contributed by atoms with van der Waals surface area (Å²) in [6, 6.07) is 4.11. The van der Waals surface area contributed by atoms with E-state index in [-0.39, 0.29) is 12.4 Å². The molecule has 1 rings (SSSR count). The van der Waals surface area contributed by atoms with Crippen LogP contribution in [0.2, 0.25) is 0 Å². The van der Waals surface area contributed by atoms with Gasteiger partial charge < -0.3 is 4.90 Å². The Labute approximate surface area is 123 Å². The summed E-state index contributed by atoms with van der Waals surface area (Å²) < 4.78 is 85.9. The standard InChI is InChI=1S/C11H11ClF5NO2S/c12-5-6-18(7-10(13)14)8-3-1-2-4-9(8)21(19,20)11(15,16)17/h1-4,10H,5-7H2. The van der Waals surface area contributed by atoms with Crippen molar-refractivity contribution in [3.05, 3.63) is 24.3 Å². The second kappa shape index (κ2) is 6.78. The SMILES string of the molecule is O=S(=O)(c1ccccc1N(CCCl)CC(F)F)C(F)(F)F. The number of benzene rings is 1. The van der Waals surface area contributed by atoms with Crippen molar-refractivity contribution in [2.75, 3.05) is 23.9 Å². The lowest BCUT2D eigenvalue weighted by Crippen LogP contribution is -2.33. The van der Waals surface area contributed by atoms with E-state index in [1.165, 1.54) is 6.07 Å². The van der Waals surface area contributed by atoms with Crippen LogP contribution in [0.5, 0.6) is 0 Å². The van der Waals surface area contributed by atoms with Crippen LogP contribution in [0.1, 0.15) is 0 Å². The first-order chi connectivity index (χ1) is 9.61. The molecule has 0 saturated heterocycles. The highest BCUT2D eigenvalue weighted by atomic mass is 35.5. The highest BCUT2D eigenvalue weighted by Gasteiger charge is 2.48. The van der Waals surface area contributed by atoms with Crippen LogP contribution < -0.4 is 4.90 Å². The molecule has 0 aliphatic carbocycles. The molecule has 1 aromatic carbocycles. The Balaban J connectivity index is 3.38. The Kier molecular flexibility index (Phi) is 5.80. The Morgan fingerprint density at radius 1 is 1.19 bits per heavy atom. The molecule has 0 fully saturated rings. The maximum Gasteiger partial charge on any atom is 0.501 e. The quantitative estimate of drug-likeness (QED) is 0.583. The van der Waals surface area contributed by atoms with E-state index in [9.17, 15) is 30.4 Å². The molecule has 0 atom stereocenters. The molecule has 120 valence electrons. The fourth-order valence-electron chi connectivity index (χ4n) is 1.65. The van der Waals surface area contributed by atoms with Gasteiger partial charge in [-0.05, 0) is 12.1 Å². The third-order valence-electron chi connectivity index (χ3n) is 2.51. The van der Waals surface area contributed by atoms with Crippen LogP contribution in [0.25, 0.3) is 0 Å². The van der Waals surface area contributed by atoms with E-state index < -0.39 is 38.9 Å². The van der Waals surface area contributed by atoms with Crippen molar-refractivity contribution in [1.82, 2.24) is 0 Å². The molecule has 0 heterocycles. The highest BCUT2D eigenvalue weighted by Crippen LogP contribution is 2.35. The summed E-state index contributed by atoms with van der Waals surface area (Å²) in [5, 5.41) is 0. The smallest absolute Gasteiger partial charge is 0.364 e. The summed E-state index contributed by atoms with van der Waals surface area (Å²) in [7, 11) is -5.64. The van der Waals surface area contributed by atoms with Crippen molar-refractivity contribution >= 4 is 27.1 Å². The summed E-state index contributed by atoms with van der Waals surface area (Å²) >= 11 is 5.43. The van der Waals surface area contributed by atoms with Gasteiger partial charge in [0.25, 0.3) is 16.3 Å². The number of nitrogens with zero attached hydrogens (tertiary/aromatic N) is 1. The molecular weight excluding hydrogens is 341 g/mol. The van der Waals surface area contributed by atoms with Crippen molar-refractivity contribution in [3.63, 3.8) is 0 Å². The predicted octanol–water partition coefficient (Wildman–Crippen LogP) is 3.29. The van der Waals surface area contributed by atoms with Crippen LogP contribution in [0.15, 0.2) is 29.2 Å². The third kappa shape index (κ3) is 4.19. The van der Waals surface area contributed by atoms with E-state index in [1.54, 1.807) is 0 Å². The molecule has 1 aromatic rings. The fraction of sp³-hybridized carbons (Fsp3) is 0.455. The first-order valence-corrected chi connectivity index (χ1v) is 7.62. The van der Waals surface area contributed by atoms with Gasteiger partial charge in [-0.1, -0.05) is 12.1 Å². The molecular formula is C11H11ClF5NO2S. The van der Waals surface area contributed by atoms with Gasteiger partial charge in [0.2, 0.25) is 0 Å². The van der Waals surface area contributed by atoms with Crippen LogP contribution in [0, 0.1) is 0 Å². The summed E-state index contributed by atoms with van der Waals surface area (Å²) in [5.41, 5.74) is -5.96. The van der Waals surface area contributed by atoms with Crippen LogP contribution in [0.3, 0.4) is 0 Å². The van der Waals surface area contributed by atoms with Crippen LogP contribution in [-0.2, 0) is 9.84 Å². The Morgan fingerprint density at radius 3 is 2.24 bits per heavy atom. The van der Waals surface area contributed by atoms with E-state index in [0.29, 0.717) is 0 Å². The van der Waals surface area contributed by atoms with Gasteiger partial charge in [-0.2, -0.15) is 13.2 Å². The predicted molar refractivity (Wildman–Crippen MR) is 68.6 cm³/mol. The van der Waals surface area contributed by atoms with Crippen molar-refractivity contribution < 1.29 is 30.4 Å². The van der Waals surface area contributed by atoms with E-state index in [4.69, 9.17) is 11.6 Å². The van der Waals surface area contributed by atoms with Gasteiger partial charge >= 0.3 is 5.51 Å². The topological polar surface area (TPSA) is 37.4 Å². The Hall–Kier alpha value is -1.09. The number of sulfone groups is 1. The zero-order valence-electron chi connectivity index (χ0n) is 10.4. The number of hydrogen-bond donors (Lipinski definition) is 0. The number of para-hydroxylation sites is 1. The fourth-order valence-corrected chi connectivity index (χ4v) is 2.83. The zero-order valence-corrected chi connectivity index (χ0v) is 12.0.